The minimum Gasteiger partial charge on any atom is -0.364 e. The monoisotopic (exact) mass is 485 g/mol. The number of fused-ring (bicyclic) bond motifs is 1. The van der Waals surface area contributed by atoms with E-state index < -0.39 is 15.7 Å². The van der Waals surface area contributed by atoms with E-state index in [1.54, 1.807) is 23.0 Å². The van der Waals surface area contributed by atoms with Gasteiger partial charge in [0.1, 0.15) is 0 Å². The van der Waals surface area contributed by atoms with Gasteiger partial charge in [0.05, 0.1) is 5.69 Å². The number of hydrogen-bond acceptors (Lipinski definition) is 5. The van der Waals surface area contributed by atoms with Crippen LogP contribution < -0.4 is 5.73 Å². The van der Waals surface area contributed by atoms with Crippen molar-refractivity contribution in [2.75, 3.05) is 6.26 Å². The van der Waals surface area contributed by atoms with Crippen molar-refractivity contribution in [2.24, 2.45) is 5.73 Å². The number of nitrogens with zero attached hydrogens (tertiary/aromatic N) is 4. The van der Waals surface area contributed by atoms with Crippen LogP contribution in [0.5, 0.6) is 0 Å². The van der Waals surface area contributed by atoms with Gasteiger partial charge in [-0.3, -0.25) is 4.79 Å². The molecule has 0 aliphatic rings. The van der Waals surface area contributed by atoms with E-state index in [1.165, 1.54) is 6.07 Å². The summed E-state index contributed by atoms with van der Waals surface area (Å²) in [5.41, 5.74) is 11.3. The second kappa shape index (κ2) is 8.52. The number of aryl methyl sites for hydroxylation is 1. The van der Waals surface area contributed by atoms with Gasteiger partial charge in [0.25, 0.3) is 5.91 Å². The first-order valence-electron chi connectivity index (χ1n) is 10.9. The SMILES string of the molecule is Cc1cc(C(N)=O)nn1-c1ccc2c(ccn2Cc2ccc(-c3ccc(S(C)(=O)=O)nc3)cc2)c1. The number of carbonyl (C=O) groups excluding carboxylic acids is 1. The van der Waals surface area contributed by atoms with Gasteiger partial charge < -0.3 is 10.3 Å². The van der Waals surface area contributed by atoms with Gasteiger partial charge in [0.2, 0.25) is 0 Å². The van der Waals surface area contributed by atoms with E-state index in [0.29, 0.717) is 6.54 Å². The Labute approximate surface area is 202 Å². The van der Waals surface area contributed by atoms with Crippen LogP contribution in [0.1, 0.15) is 21.7 Å². The van der Waals surface area contributed by atoms with Crippen molar-refractivity contribution in [1.82, 2.24) is 19.3 Å². The van der Waals surface area contributed by atoms with E-state index in [2.05, 4.69) is 32.8 Å². The minimum absolute atomic E-state index is 0.0662. The number of sulfone groups is 1. The van der Waals surface area contributed by atoms with Crippen molar-refractivity contribution in [1.29, 1.82) is 0 Å². The zero-order valence-corrected chi connectivity index (χ0v) is 20.0. The van der Waals surface area contributed by atoms with Gasteiger partial charge in [0, 0.05) is 47.4 Å². The first-order valence-corrected chi connectivity index (χ1v) is 12.8. The standard InChI is InChI=1S/C26H23N5O3S/c1-17-13-23(26(27)32)29-31(17)22-8-9-24-20(14-22)11-12-30(24)16-18-3-5-19(6-4-18)21-7-10-25(28-15-21)35(2,33)34/h3-15H,16H2,1-2H3,(H2,27,32). The number of pyridine rings is 1. The normalized spacial score (nSPS) is 11.7. The van der Waals surface area contributed by atoms with E-state index in [0.717, 1.165) is 45.2 Å². The zero-order valence-electron chi connectivity index (χ0n) is 19.2. The van der Waals surface area contributed by atoms with Gasteiger partial charge in [-0.15, -0.1) is 0 Å². The number of rotatable bonds is 6. The Morgan fingerprint density at radius 2 is 1.71 bits per heavy atom. The van der Waals surface area contributed by atoms with Crippen molar-refractivity contribution in [3.63, 3.8) is 0 Å². The number of primary amides is 1. The molecule has 0 saturated carbocycles. The molecule has 176 valence electrons. The summed E-state index contributed by atoms with van der Waals surface area (Å²) in [6.45, 7) is 2.58. The maximum Gasteiger partial charge on any atom is 0.269 e. The summed E-state index contributed by atoms with van der Waals surface area (Å²) in [5, 5.41) is 5.44. The van der Waals surface area contributed by atoms with Crippen LogP contribution >= 0.6 is 0 Å². The first kappa shape index (κ1) is 22.5. The van der Waals surface area contributed by atoms with Crippen LogP contribution in [0.3, 0.4) is 0 Å². The van der Waals surface area contributed by atoms with Crippen LogP contribution in [0.25, 0.3) is 27.7 Å². The predicted octanol–water partition coefficient (Wildman–Crippen LogP) is 3.75. The van der Waals surface area contributed by atoms with Gasteiger partial charge >= 0.3 is 0 Å². The van der Waals surface area contributed by atoms with E-state index >= 15 is 0 Å². The summed E-state index contributed by atoms with van der Waals surface area (Å²) in [7, 11) is -3.32. The lowest BCUT2D eigenvalue weighted by molar-refractivity contribution is 0.0995. The topological polar surface area (TPSA) is 113 Å². The largest absolute Gasteiger partial charge is 0.364 e. The molecular formula is C26H23N5O3S. The molecule has 0 bridgehead atoms. The highest BCUT2D eigenvalue weighted by Gasteiger charge is 2.12. The number of hydrogen-bond donors (Lipinski definition) is 1. The van der Waals surface area contributed by atoms with E-state index in [-0.39, 0.29) is 10.7 Å². The highest BCUT2D eigenvalue weighted by molar-refractivity contribution is 7.90. The maximum atomic E-state index is 11.6. The summed E-state index contributed by atoms with van der Waals surface area (Å²) < 4.78 is 27.1. The third-order valence-electron chi connectivity index (χ3n) is 5.90. The second-order valence-corrected chi connectivity index (χ2v) is 10.5. The summed E-state index contributed by atoms with van der Waals surface area (Å²) in [4.78, 5) is 15.5. The summed E-state index contributed by atoms with van der Waals surface area (Å²) in [6, 6.07) is 21.2. The lowest BCUT2D eigenvalue weighted by atomic mass is 10.1. The van der Waals surface area contributed by atoms with Gasteiger partial charge in [-0.2, -0.15) is 5.10 Å². The molecule has 3 heterocycles. The predicted molar refractivity (Wildman–Crippen MR) is 134 cm³/mol. The van der Waals surface area contributed by atoms with E-state index in [4.69, 9.17) is 5.73 Å². The van der Waals surface area contributed by atoms with Crippen LogP contribution in [0.2, 0.25) is 0 Å². The number of benzene rings is 2. The fourth-order valence-corrected chi connectivity index (χ4v) is 4.64. The van der Waals surface area contributed by atoms with Crippen molar-refractivity contribution in [3.8, 4) is 16.8 Å². The molecule has 5 aromatic rings. The molecule has 2 N–H and O–H groups in total. The molecule has 0 aliphatic heterocycles. The van der Waals surface area contributed by atoms with Crippen molar-refractivity contribution in [2.45, 2.75) is 18.5 Å². The fraction of sp³-hybridized carbons (Fsp3) is 0.115. The molecule has 0 aliphatic carbocycles. The molecule has 1 amide bonds. The van der Waals surface area contributed by atoms with E-state index in [1.807, 2.05) is 43.5 Å². The molecule has 2 aromatic carbocycles. The lowest BCUT2D eigenvalue weighted by Gasteiger charge is -2.09. The van der Waals surface area contributed by atoms with Crippen LogP contribution in [-0.4, -0.2) is 39.9 Å². The van der Waals surface area contributed by atoms with Crippen LogP contribution in [0, 0.1) is 6.92 Å². The maximum absolute atomic E-state index is 11.6. The first-order chi connectivity index (χ1) is 16.7. The number of aromatic nitrogens is 4. The average molecular weight is 486 g/mol. The Kier molecular flexibility index (Phi) is 5.49. The second-order valence-electron chi connectivity index (χ2n) is 8.49. The lowest BCUT2D eigenvalue weighted by Crippen LogP contribution is -2.12. The summed E-state index contributed by atoms with van der Waals surface area (Å²) in [5.74, 6) is -0.549. The summed E-state index contributed by atoms with van der Waals surface area (Å²) in [6.07, 6.45) is 4.77. The highest BCUT2D eigenvalue weighted by Crippen LogP contribution is 2.24. The number of amides is 1. The molecule has 8 nitrogen and oxygen atoms in total. The molecule has 5 rings (SSSR count). The number of nitrogens with two attached hydrogens (primary N) is 1. The molecule has 0 unspecified atom stereocenters. The van der Waals surface area contributed by atoms with Crippen molar-refractivity contribution in [3.05, 3.63) is 96.1 Å². The molecule has 35 heavy (non-hydrogen) atoms. The van der Waals surface area contributed by atoms with Crippen LogP contribution in [0.15, 0.2) is 84.1 Å². The Balaban J connectivity index is 1.37. The quantitative estimate of drug-likeness (QED) is 0.394. The molecular weight excluding hydrogens is 462 g/mol. The Morgan fingerprint density at radius 3 is 2.34 bits per heavy atom. The Morgan fingerprint density at radius 1 is 0.971 bits per heavy atom. The molecule has 0 fully saturated rings. The van der Waals surface area contributed by atoms with Crippen molar-refractivity contribution >= 4 is 26.6 Å². The van der Waals surface area contributed by atoms with Gasteiger partial charge in [0.15, 0.2) is 20.6 Å². The minimum atomic E-state index is -3.32. The molecule has 0 spiro atoms. The fourth-order valence-electron chi connectivity index (χ4n) is 4.08. The Hall–Kier alpha value is -4.24. The molecule has 3 aromatic heterocycles. The van der Waals surface area contributed by atoms with Crippen LogP contribution in [0.4, 0.5) is 0 Å². The third-order valence-corrected chi connectivity index (χ3v) is 6.90. The Bertz CT molecular complexity index is 1660. The molecule has 0 atom stereocenters. The van der Waals surface area contributed by atoms with Gasteiger partial charge in [-0.25, -0.2) is 18.1 Å². The smallest absolute Gasteiger partial charge is 0.269 e. The molecule has 0 saturated heterocycles. The number of carbonyl (C=O) groups is 1. The van der Waals surface area contributed by atoms with Gasteiger partial charge in [-0.1, -0.05) is 24.3 Å². The van der Waals surface area contributed by atoms with Crippen LogP contribution in [-0.2, 0) is 16.4 Å². The highest BCUT2D eigenvalue weighted by atomic mass is 32.2. The van der Waals surface area contributed by atoms with Gasteiger partial charge in [-0.05, 0) is 60.5 Å². The zero-order chi connectivity index (χ0) is 24.7. The average Bonchev–Trinajstić information content (AvgIpc) is 3.42. The molecule has 9 heteroatoms. The summed E-state index contributed by atoms with van der Waals surface area (Å²) >= 11 is 0. The van der Waals surface area contributed by atoms with E-state index in [9.17, 15) is 13.2 Å². The molecule has 0 radical (unpaired) electrons. The van der Waals surface area contributed by atoms with Crippen molar-refractivity contribution < 1.29 is 13.2 Å². The third kappa shape index (κ3) is 4.45.